The molecule has 5 rings (SSSR count). The molecule has 0 heterocycles. The van der Waals surface area contributed by atoms with Crippen molar-refractivity contribution in [2.75, 3.05) is 5.32 Å². The Bertz CT molecular complexity index is 1430. The highest BCUT2D eigenvalue weighted by Crippen LogP contribution is 2.49. The Morgan fingerprint density at radius 1 is 0.657 bits per heavy atom. The molecule has 0 saturated carbocycles. The molecule has 2 aliphatic rings. The Hall–Kier alpha value is -2.54. The van der Waals surface area contributed by atoms with Crippen LogP contribution in [-0.4, -0.2) is 62.8 Å². The Balaban J connectivity index is 1.58. The van der Waals surface area contributed by atoms with Crippen molar-refractivity contribution in [3.63, 3.8) is 0 Å². The van der Waals surface area contributed by atoms with Crippen molar-refractivity contribution in [1.29, 1.82) is 0 Å². The molecule has 9 heteroatoms. The zero-order chi connectivity index (χ0) is 25.4. The standard InChI is InChI=1S/C26H15B8N/c1-26(2)13-6-4-3-5-11(13)12-8-7-10(9-14(12)26)35-25-23(33)19(29)16(20(30)24(25)34)15-17(27)21(31)22(32)18(15)28/h3-9,15,35H,1-2H3. The van der Waals surface area contributed by atoms with Gasteiger partial charge in [-0.25, -0.2) is 0 Å². The second-order valence-electron chi connectivity index (χ2n) is 9.67. The Kier molecular flexibility index (Phi) is 5.70. The molecule has 0 unspecified atom stereocenters. The molecule has 0 saturated heterocycles. The van der Waals surface area contributed by atoms with Gasteiger partial charge in [0.15, 0.2) is 0 Å². The minimum absolute atomic E-state index is 0.154. The number of allylic oxidation sites excluding steroid dienone is 4. The summed E-state index contributed by atoms with van der Waals surface area (Å²) >= 11 is 0. The number of nitrogens with one attached hydrogen (secondary N) is 1. The molecular formula is C26H15B8N. The summed E-state index contributed by atoms with van der Waals surface area (Å²) in [5.74, 6) is -0.701. The molecule has 1 N–H and O–H groups in total. The molecule has 0 aliphatic heterocycles. The molecule has 3 aromatic rings. The van der Waals surface area contributed by atoms with Gasteiger partial charge in [-0.1, -0.05) is 71.6 Å². The van der Waals surface area contributed by atoms with Crippen LogP contribution in [0.25, 0.3) is 11.1 Å². The maximum atomic E-state index is 6.46. The monoisotopic (exact) mass is 429 g/mol. The third-order valence-corrected chi connectivity index (χ3v) is 7.38. The van der Waals surface area contributed by atoms with Crippen LogP contribution in [0.15, 0.2) is 64.4 Å². The van der Waals surface area contributed by atoms with Crippen molar-refractivity contribution in [2.24, 2.45) is 0 Å². The van der Waals surface area contributed by atoms with Gasteiger partial charge in [0, 0.05) is 22.7 Å². The molecule has 2 aliphatic carbocycles. The van der Waals surface area contributed by atoms with Gasteiger partial charge in [-0.3, -0.25) is 0 Å². The minimum Gasteiger partial charge on any atom is -0.357 e. The number of rotatable bonds is 3. The maximum Gasteiger partial charge on any atom is 0.115 e. The van der Waals surface area contributed by atoms with E-state index in [2.05, 4.69) is 55.6 Å². The first-order valence-corrected chi connectivity index (χ1v) is 11.2. The zero-order valence-electron chi connectivity index (χ0n) is 19.7. The van der Waals surface area contributed by atoms with E-state index in [0.29, 0.717) is 11.3 Å². The summed E-state index contributed by atoms with van der Waals surface area (Å²) < 4.78 is 0. The van der Waals surface area contributed by atoms with Crippen molar-refractivity contribution in [3.05, 3.63) is 81.0 Å². The van der Waals surface area contributed by atoms with Gasteiger partial charge in [0.25, 0.3) is 0 Å². The molecular weight excluding hydrogens is 413 g/mol. The Morgan fingerprint density at radius 3 is 1.80 bits per heavy atom. The topological polar surface area (TPSA) is 12.0 Å². The molecule has 3 aromatic carbocycles. The first-order chi connectivity index (χ1) is 16.5. The van der Waals surface area contributed by atoms with Gasteiger partial charge in [0.1, 0.15) is 62.8 Å². The summed E-state index contributed by atoms with van der Waals surface area (Å²) in [6.07, 6.45) is 0. The summed E-state index contributed by atoms with van der Waals surface area (Å²) in [5.41, 5.74) is 8.22. The summed E-state index contributed by atoms with van der Waals surface area (Å²) in [4.78, 5) is 0. The minimum atomic E-state index is -0.701. The predicted octanol–water partition coefficient (Wildman–Crippen LogP) is 0.106. The third-order valence-electron chi connectivity index (χ3n) is 7.38. The van der Waals surface area contributed by atoms with E-state index < -0.39 is 5.92 Å². The highest BCUT2D eigenvalue weighted by molar-refractivity contribution is 6.61. The lowest BCUT2D eigenvalue weighted by atomic mass is 9.59. The number of anilines is 2. The summed E-state index contributed by atoms with van der Waals surface area (Å²) in [6.45, 7) is 4.42. The molecule has 35 heavy (non-hydrogen) atoms. The molecule has 0 aromatic heterocycles. The zero-order valence-corrected chi connectivity index (χ0v) is 19.7. The van der Waals surface area contributed by atoms with E-state index in [4.69, 9.17) is 62.8 Å². The van der Waals surface area contributed by atoms with Crippen molar-refractivity contribution >= 4 is 96.0 Å². The average Bonchev–Trinajstić information content (AvgIpc) is 3.18. The van der Waals surface area contributed by atoms with Crippen LogP contribution >= 0.6 is 0 Å². The van der Waals surface area contributed by atoms with Crippen LogP contribution in [-0.2, 0) is 5.41 Å². The van der Waals surface area contributed by atoms with Gasteiger partial charge in [0.2, 0.25) is 0 Å². The molecule has 16 radical (unpaired) electrons. The van der Waals surface area contributed by atoms with Gasteiger partial charge in [0.05, 0.1) is 0 Å². The van der Waals surface area contributed by atoms with Crippen molar-refractivity contribution < 1.29 is 0 Å². The normalized spacial score (nSPS) is 16.5. The van der Waals surface area contributed by atoms with Crippen LogP contribution in [0.3, 0.4) is 0 Å². The van der Waals surface area contributed by atoms with Crippen LogP contribution in [0, 0.1) is 0 Å². The molecule has 0 bridgehead atoms. The first-order valence-electron chi connectivity index (χ1n) is 11.2. The van der Waals surface area contributed by atoms with E-state index in [1.807, 2.05) is 6.07 Å². The number of hydrogen-bond acceptors (Lipinski definition) is 1. The molecule has 148 valence electrons. The largest absolute Gasteiger partial charge is 0.357 e. The molecule has 0 amide bonds. The lowest BCUT2D eigenvalue weighted by molar-refractivity contribution is 0.660. The second kappa shape index (κ2) is 8.26. The Morgan fingerprint density at radius 2 is 1.20 bits per heavy atom. The number of benzene rings is 3. The van der Waals surface area contributed by atoms with Crippen LogP contribution in [0.2, 0.25) is 0 Å². The van der Waals surface area contributed by atoms with Crippen LogP contribution < -0.4 is 27.2 Å². The smallest absolute Gasteiger partial charge is 0.115 e. The van der Waals surface area contributed by atoms with E-state index in [1.54, 1.807) is 0 Å². The average molecular weight is 428 g/mol. The van der Waals surface area contributed by atoms with E-state index in [9.17, 15) is 0 Å². The SMILES string of the molecule is [B]C1=C([B])C(c2c([B])c([B])c(Nc3ccc4c(c3)C(C)(C)c3ccccc3-4)c([B])c2[B])C([B])=C1[B]. The second-order valence-corrected chi connectivity index (χ2v) is 9.67. The predicted molar refractivity (Wildman–Crippen MR) is 155 cm³/mol. The molecule has 0 spiro atoms. The summed E-state index contributed by atoms with van der Waals surface area (Å²) in [5, 5.41) is 3.33. The van der Waals surface area contributed by atoms with Crippen molar-refractivity contribution in [1.82, 2.24) is 0 Å². The van der Waals surface area contributed by atoms with E-state index >= 15 is 0 Å². The fourth-order valence-electron chi connectivity index (χ4n) is 5.32. The molecule has 0 fully saturated rings. The fraction of sp³-hybridized carbons (Fsp3) is 0.154. The van der Waals surface area contributed by atoms with Gasteiger partial charge >= 0.3 is 0 Å². The van der Waals surface area contributed by atoms with E-state index in [1.165, 1.54) is 22.3 Å². The van der Waals surface area contributed by atoms with Crippen molar-refractivity contribution in [2.45, 2.75) is 25.2 Å². The molecule has 1 nitrogen and oxygen atoms in total. The van der Waals surface area contributed by atoms with Gasteiger partial charge in [-0.05, 0) is 34.4 Å². The van der Waals surface area contributed by atoms with E-state index in [-0.39, 0.29) is 49.2 Å². The highest BCUT2D eigenvalue weighted by atomic mass is 14.9. The highest BCUT2D eigenvalue weighted by Gasteiger charge is 2.35. The molecule has 0 atom stereocenters. The van der Waals surface area contributed by atoms with Gasteiger partial charge in [-0.15, -0.1) is 21.9 Å². The first kappa shape index (κ1) is 24.2. The van der Waals surface area contributed by atoms with Crippen LogP contribution in [0.1, 0.15) is 36.5 Å². The van der Waals surface area contributed by atoms with Gasteiger partial charge in [-0.2, -0.15) is 0 Å². The third kappa shape index (κ3) is 3.41. The van der Waals surface area contributed by atoms with Crippen LogP contribution in [0.4, 0.5) is 11.4 Å². The summed E-state index contributed by atoms with van der Waals surface area (Å²) in [6, 6.07) is 14.6. The lowest BCUT2D eigenvalue weighted by Gasteiger charge is -2.29. The number of fused-ring (bicyclic) bond motifs is 3. The van der Waals surface area contributed by atoms with Crippen molar-refractivity contribution in [3.8, 4) is 11.1 Å². The number of hydrogen-bond donors (Lipinski definition) is 1. The fourth-order valence-corrected chi connectivity index (χ4v) is 5.32. The summed E-state index contributed by atoms with van der Waals surface area (Å²) in [7, 11) is 50.2. The van der Waals surface area contributed by atoms with Gasteiger partial charge < -0.3 is 5.32 Å². The Labute approximate surface area is 218 Å². The van der Waals surface area contributed by atoms with Crippen LogP contribution in [0.5, 0.6) is 0 Å². The van der Waals surface area contributed by atoms with E-state index in [0.717, 1.165) is 5.69 Å². The quantitative estimate of drug-likeness (QED) is 0.585. The lowest BCUT2D eigenvalue weighted by Crippen LogP contribution is -2.47. The maximum absolute atomic E-state index is 6.46.